The average molecular weight is 366 g/mol. The van der Waals surface area contributed by atoms with Crippen molar-refractivity contribution < 1.29 is 17.6 Å². The molecule has 1 aliphatic heterocycles. The fourth-order valence-electron chi connectivity index (χ4n) is 3.10. The summed E-state index contributed by atoms with van der Waals surface area (Å²) in [7, 11) is -3.29. The van der Waals surface area contributed by atoms with Crippen LogP contribution >= 0.6 is 0 Å². The molecule has 0 aliphatic carbocycles. The molecular formula is C16H22N4O4S. The standard InChI is InChI=1S/C16H22N4O4S/c1-11-6-15(12(2)24-11)16(21)19-8-13(7-18-25(3,22)23)9-20-14(10-19)4-5-17-20/h4-6,13,18H,7-10H2,1-3H3/t13-/m1/s1. The maximum absolute atomic E-state index is 13.0. The van der Waals surface area contributed by atoms with Crippen molar-refractivity contribution in [1.29, 1.82) is 0 Å². The van der Waals surface area contributed by atoms with E-state index in [0.717, 1.165) is 11.9 Å². The van der Waals surface area contributed by atoms with Crippen LogP contribution in [-0.2, 0) is 23.1 Å². The third kappa shape index (κ3) is 4.10. The first kappa shape index (κ1) is 17.7. The molecule has 1 N–H and O–H groups in total. The van der Waals surface area contributed by atoms with Crippen LogP contribution in [0.4, 0.5) is 0 Å². The fraction of sp³-hybridized carbons (Fsp3) is 0.500. The number of aromatic nitrogens is 2. The van der Waals surface area contributed by atoms with Gasteiger partial charge in [0.25, 0.3) is 5.91 Å². The highest BCUT2D eigenvalue weighted by Crippen LogP contribution is 2.21. The summed E-state index contributed by atoms with van der Waals surface area (Å²) in [5.41, 5.74) is 1.47. The number of fused-ring (bicyclic) bond motifs is 1. The lowest BCUT2D eigenvalue weighted by atomic mass is 10.1. The van der Waals surface area contributed by atoms with Crippen LogP contribution in [0.1, 0.15) is 27.6 Å². The Morgan fingerprint density at radius 3 is 2.80 bits per heavy atom. The third-order valence-corrected chi connectivity index (χ3v) is 4.95. The molecule has 0 fully saturated rings. The highest BCUT2D eigenvalue weighted by Gasteiger charge is 2.28. The number of carbonyl (C=O) groups excluding carboxylic acids is 1. The van der Waals surface area contributed by atoms with Gasteiger partial charge in [-0.15, -0.1) is 0 Å². The summed E-state index contributed by atoms with van der Waals surface area (Å²) in [4.78, 5) is 14.7. The smallest absolute Gasteiger partial charge is 0.257 e. The molecule has 3 rings (SSSR count). The largest absolute Gasteiger partial charge is 0.466 e. The number of hydrogen-bond acceptors (Lipinski definition) is 5. The number of amides is 1. The summed E-state index contributed by atoms with van der Waals surface area (Å²) in [6.07, 6.45) is 2.82. The van der Waals surface area contributed by atoms with E-state index in [1.165, 1.54) is 0 Å². The summed E-state index contributed by atoms with van der Waals surface area (Å²) >= 11 is 0. The lowest BCUT2D eigenvalue weighted by molar-refractivity contribution is 0.0720. The molecule has 0 bridgehead atoms. The Morgan fingerprint density at radius 2 is 2.16 bits per heavy atom. The van der Waals surface area contributed by atoms with Gasteiger partial charge < -0.3 is 9.32 Å². The Balaban J connectivity index is 1.85. The van der Waals surface area contributed by atoms with Crippen LogP contribution in [0.15, 0.2) is 22.7 Å². The minimum Gasteiger partial charge on any atom is -0.466 e. The summed E-state index contributed by atoms with van der Waals surface area (Å²) < 4.78 is 32.7. The van der Waals surface area contributed by atoms with Gasteiger partial charge in [-0.3, -0.25) is 9.48 Å². The van der Waals surface area contributed by atoms with Crippen LogP contribution in [-0.4, -0.2) is 48.4 Å². The Labute approximate surface area is 146 Å². The van der Waals surface area contributed by atoms with E-state index in [4.69, 9.17) is 4.42 Å². The van der Waals surface area contributed by atoms with Gasteiger partial charge in [0.2, 0.25) is 10.0 Å². The van der Waals surface area contributed by atoms with E-state index in [2.05, 4.69) is 9.82 Å². The van der Waals surface area contributed by atoms with E-state index in [-0.39, 0.29) is 18.4 Å². The molecule has 2 aromatic rings. The quantitative estimate of drug-likeness (QED) is 0.868. The van der Waals surface area contributed by atoms with E-state index in [9.17, 15) is 13.2 Å². The van der Waals surface area contributed by atoms with Crippen molar-refractivity contribution in [3.8, 4) is 0 Å². The fourth-order valence-corrected chi connectivity index (χ4v) is 3.64. The molecular weight excluding hydrogens is 344 g/mol. The van der Waals surface area contributed by atoms with Gasteiger partial charge >= 0.3 is 0 Å². The number of sulfonamides is 1. The second kappa shape index (κ2) is 6.64. The minimum atomic E-state index is -3.29. The van der Waals surface area contributed by atoms with Crippen molar-refractivity contribution in [3.05, 3.63) is 41.1 Å². The average Bonchev–Trinajstić information content (AvgIpc) is 3.04. The zero-order chi connectivity index (χ0) is 18.2. The highest BCUT2D eigenvalue weighted by atomic mass is 32.2. The molecule has 0 aromatic carbocycles. The van der Waals surface area contributed by atoms with Crippen molar-refractivity contribution in [3.63, 3.8) is 0 Å². The first-order chi connectivity index (χ1) is 11.7. The van der Waals surface area contributed by atoms with E-state index in [1.807, 2.05) is 10.7 Å². The lowest BCUT2D eigenvalue weighted by Crippen LogP contribution is -2.38. The molecule has 0 saturated carbocycles. The van der Waals surface area contributed by atoms with Crippen LogP contribution in [0.3, 0.4) is 0 Å². The predicted molar refractivity (Wildman–Crippen MR) is 91.5 cm³/mol. The lowest BCUT2D eigenvalue weighted by Gasteiger charge is -2.24. The van der Waals surface area contributed by atoms with Crippen molar-refractivity contribution in [2.24, 2.45) is 5.92 Å². The molecule has 8 nitrogen and oxygen atoms in total. The van der Waals surface area contributed by atoms with E-state index in [0.29, 0.717) is 36.7 Å². The van der Waals surface area contributed by atoms with Gasteiger partial charge in [-0.25, -0.2) is 13.1 Å². The Bertz CT molecular complexity index is 884. The molecule has 0 unspecified atom stereocenters. The van der Waals surface area contributed by atoms with Gasteiger partial charge in [-0.1, -0.05) is 0 Å². The van der Waals surface area contributed by atoms with E-state index < -0.39 is 10.0 Å². The molecule has 136 valence electrons. The monoisotopic (exact) mass is 366 g/mol. The molecule has 1 aliphatic rings. The molecule has 3 heterocycles. The summed E-state index contributed by atoms with van der Waals surface area (Å²) in [6.45, 7) is 5.25. The number of nitrogens with zero attached hydrogens (tertiary/aromatic N) is 3. The molecule has 0 saturated heterocycles. The van der Waals surface area contributed by atoms with Crippen LogP contribution in [0.5, 0.6) is 0 Å². The first-order valence-corrected chi connectivity index (χ1v) is 9.93. The summed E-state index contributed by atoms with van der Waals surface area (Å²) in [5, 5.41) is 4.28. The number of carbonyl (C=O) groups is 1. The van der Waals surface area contributed by atoms with Crippen molar-refractivity contribution in [2.75, 3.05) is 19.3 Å². The Kier molecular flexibility index (Phi) is 4.70. The Hall–Kier alpha value is -2.13. The highest BCUT2D eigenvalue weighted by molar-refractivity contribution is 7.88. The predicted octanol–water partition coefficient (Wildman–Crippen LogP) is 0.914. The van der Waals surface area contributed by atoms with Gasteiger partial charge in [0, 0.05) is 31.7 Å². The topological polar surface area (TPSA) is 97.4 Å². The molecule has 1 amide bonds. The van der Waals surface area contributed by atoms with Crippen molar-refractivity contribution in [1.82, 2.24) is 19.4 Å². The third-order valence-electron chi connectivity index (χ3n) is 4.26. The van der Waals surface area contributed by atoms with Gasteiger partial charge in [0.1, 0.15) is 11.5 Å². The van der Waals surface area contributed by atoms with Crippen LogP contribution in [0.25, 0.3) is 0 Å². The number of aryl methyl sites for hydroxylation is 2. The second-order valence-corrected chi connectivity index (χ2v) is 8.34. The van der Waals surface area contributed by atoms with E-state index >= 15 is 0 Å². The molecule has 0 radical (unpaired) electrons. The molecule has 1 atom stereocenters. The zero-order valence-corrected chi connectivity index (χ0v) is 15.3. The van der Waals surface area contributed by atoms with Gasteiger partial charge in [-0.05, 0) is 26.0 Å². The van der Waals surface area contributed by atoms with Crippen molar-refractivity contribution in [2.45, 2.75) is 26.9 Å². The number of rotatable bonds is 4. The van der Waals surface area contributed by atoms with Gasteiger partial charge in [-0.2, -0.15) is 5.10 Å². The van der Waals surface area contributed by atoms with Crippen LogP contribution in [0.2, 0.25) is 0 Å². The van der Waals surface area contributed by atoms with Crippen LogP contribution < -0.4 is 4.72 Å². The molecule has 0 spiro atoms. The first-order valence-electron chi connectivity index (χ1n) is 8.04. The normalized spacial score (nSPS) is 18.0. The molecule has 2 aromatic heterocycles. The molecule has 9 heteroatoms. The molecule has 25 heavy (non-hydrogen) atoms. The summed E-state index contributed by atoms with van der Waals surface area (Å²) in [5.74, 6) is 1.09. The number of nitrogens with one attached hydrogen (secondary N) is 1. The Morgan fingerprint density at radius 1 is 1.40 bits per heavy atom. The number of hydrogen-bond donors (Lipinski definition) is 1. The van der Waals surface area contributed by atoms with Gasteiger partial charge in [0.05, 0.1) is 24.1 Å². The number of furan rings is 1. The maximum Gasteiger partial charge on any atom is 0.257 e. The summed E-state index contributed by atoms with van der Waals surface area (Å²) in [6, 6.07) is 3.61. The van der Waals surface area contributed by atoms with Gasteiger partial charge in [0.15, 0.2) is 0 Å². The SMILES string of the molecule is Cc1cc(C(=O)N2Cc3ccnn3C[C@H](CNS(C)(=O)=O)C2)c(C)o1. The maximum atomic E-state index is 13.0. The second-order valence-electron chi connectivity index (χ2n) is 6.50. The van der Waals surface area contributed by atoms with E-state index in [1.54, 1.807) is 31.0 Å². The van der Waals surface area contributed by atoms with Crippen LogP contribution in [0, 0.1) is 19.8 Å². The zero-order valence-electron chi connectivity index (χ0n) is 14.5. The minimum absolute atomic E-state index is 0.0758. The van der Waals surface area contributed by atoms with Crippen molar-refractivity contribution >= 4 is 15.9 Å².